The summed E-state index contributed by atoms with van der Waals surface area (Å²) in [6.07, 6.45) is 3.59. The van der Waals surface area contributed by atoms with E-state index < -0.39 is 16.0 Å². The lowest BCUT2D eigenvalue weighted by atomic mass is 10.1. The number of carbonyl (C=O) groups is 1. The zero-order chi connectivity index (χ0) is 21.7. The maximum Gasteiger partial charge on any atom is 0.363 e. The molecule has 156 valence electrons. The number of ether oxygens (including phenoxy) is 1. The molecule has 3 rings (SSSR count). The maximum atomic E-state index is 12.8. The zero-order valence-electron chi connectivity index (χ0n) is 17.2. The van der Waals surface area contributed by atoms with E-state index in [1.54, 1.807) is 32.1 Å². The molecule has 0 N–H and O–H groups in total. The summed E-state index contributed by atoms with van der Waals surface area (Å²) in [5.41, 5.74) is 2.46. The van der Waals surface area contributed by atoms with Gasteiger partial charge in [0.05, 0.1) is 4.90 Å². The van der Waals surface area contributed by atoms with Crippen molar-refractivity contribution >= 4 is 28.0 Å². The molecule has 0 bridgehead atoms. The van der Waals surface area contributed by atoms with Crippen molar-refractivity contribution in [3.63, 3.8) is 0 Å². The lowest BCUT2D eigenvalue weighted by Gasteiger charge is -2.18. The highest BCUT2D eigenvalue weighted by Gasteiger charge is 2.26. The van der Waals surface area contributed by atoms with E-state index in [1.807, 2.05) is 43.3 Å². The number of hydrogen-bond acceptors (Lipinski definition) is 5. The number of allylic oxidation sites excluding steroid dienone is 2. The molecule has 2 aromatic rings. The summed E-state index contributed by atoms with van der Waals surface area (Å²) in [6, 6.07) is 16.0. The van der Waals surface area contributed by atoms with Gasteiger partial charge in [-0.15, -0.1) is 0 Å². The van der Waals surface area contributed by atoms with Crippen LogP contribution in [0.2, 0.25) is 0 Å². The maximum absolute atomic E-state index is 12.8. The molecule has 7 heteroatoms. The molecule has 0 unspecified atom stereocenters. The Morgan fingerprint density at radius 3 is 2.43 bits per heavy atom. The van der Waals surface area contributed by atoms with Crippen molar-refractivity contribution in [2.24, 2.45) is 4.99 Å². The van der Waals surface area contributed by atoms with E-state index in [9.17, 15) is 13.2 Å². The summed E-state index contributed by atoms with van der Waals surface area (Å²) in [5, 5.41) is 0. The smallest absolute Gasteiger partial charge is 0.363 e. The Labute approximate surface area is 177 Å². The van der Waals surface area contributed by atoms with Gasteiger partial charge in [-0.05, 0) is 42.3 Å². The normalized spacial score (nSPS) is 16.1. The summed E-state index contributed by atoms with van der Waals surface area (Å²) in [4.78, 5) is 16.7. The molecular weight excluding hydrogens is 400 g/mol. The summed E-state index contributed by atoms with van der Waals surface area (Å²) in [5.74, 6) is -0.474. The molecule has 0 spiro atoms. The van der Waals surface area contributed by atoms with Crippen molar-refractivity contribution in [3.8, 4) is 0 Å². The van der Waals surface area contributed by atoms with Gasteiger partial charge in [0.15, 0.2) is 5.70 Å². The van der Waals surface area contributed by atoms with E-state index in [2.05, 4.69) is 4.99 Å². The molecule has 0 amide bonds. The van der Waals surface area contributed by atoms with Crippen molar-refractivity contribution in [3.05, 3.63) is 83.1 Å². The molecular formula is C23H24N2O4S. The second kappa shape index (κ2) is 9.19. The van der Waals surface area contributed by atoms with Crippen LogP contribution in [0, 0.1) is 0 Å². The Morgan fingerprint density at radius 1 is 1.07 bits per heavy atom. The van der Waals surface area contributed by atoms with Crippen LogP contribution in [0.15, 0.2) is 81.8 Å². The van der Waals surface area contributed by atoms with E-state index in [0.29, 0.717) is 18.7 Å². The van der Waals surface area contributed by atoms with Crippen LogP contribution in [0.3, 0.4) is 0 Å². The summed E-state index contributed by atoms with van der Waals surface area (Å²) >= 11 is 0. The number of cyclic esters (lactones) is 1. The third kappa shape index (κ3) is 4.75. The van der Waals surface area contributed by atoms with Crippen LogP contribution < -0.4 is 0 Å². The third-order valence-corrected chi connectivity index (χ3v) is 6.65. The predicted octanol–water partition coefficient (Wildman–Crippen LogP) is 4.01. The first-order valence-electron chi connectivity index (χ1n) is 9.71. The number of sulfonamides is 1. The van der Waals surface area contributed by atoms with Crippen molar-refractivity contribution < 1.29 is 17.9 Å². The molecule has 0 saturated carbocycles. The first kappa shape index (κ1) is 21.7. The van der Waals surface area contributed by atoms with Gasteiger partial charge >= 0.3 is 5.97 Å². The zero-order valence-corrected chi connectivity index (χ0v) is 18.0. The topological polar surface area (TPSA) is 76.0 Å². The van der Waals surface area contributed by atoms with Gasteiger partial charge in [0.2, 0.25) is 15.9 Å². The van der Waals surface area contributed by atoms with Crippen LogP contribution in [-0.4, -0.2) is 37.7 Å². The Morgan fingerprint density at radius 2 is 1.77 bits per heavy atom. The third-order valence-electron chi connectivity index (χ3n) is 4.60. The van der Waals surface area contributed by atoms with Crippen molar-refractivity contribution in [1.82, 2.24) is 4.31 Å². The second-order valence-electron chi connectivity index (χ2n) is 6.75. The molecule has 0 aromatic heterocycles. The van der Waals surface area contributed by atoms with Gasteiger partial charge < -0.3 is 4.74 Å². The molecule has 0 aliphatic carbocycles. The highest BCUT2D eigenvalue weighted by Crippen LogP contribution is 2.22. The quantitative estimate of drug-likeness (QED) is 0.497. The predicted molar refractivity (Wildman–Crippen MR) is 117 cm³/mol. The molecule has 0 atom stereocenters. The number of rotatable bonds is 7. The van der Waals surface area contributed by atoms with Crippen LogP contribution in [0.5, 0.6) is 0 Å². The van der Waals surface area contributed by atoms with Gasteiger partial charge in [-0.1, -0.05) is 56.3 Å². The molecule has 30 heavy (non-hydrogen) atoms. The lowest BCUT2D eigenvalue weighted by Crippen LogP contribution is -2.30. The first-order chi connectivity index (χ1) is 14.3. The first-order valence-corrected chi connectivity index (χ1v) is 11.2. The molecule has 1 aliphatic rings. The van der Waals surface area contributed by atoms with Crippen LogP contribution >= 0.6 is 0 Å². The summed E-state index contributed by atoms with van der Waals surface area (Å²) in [6.45, 7) is 6.20. The van der Waals surface area contributed by atoms with Crippen molar-refractivity contribution in [1.29, 1.82) is 0 Å². The van der Waals surface area contributed by atoms with Gasteiger partial charge in [-0.3, -0.25) is 0 Å². The Balaban J connectivity index is 1.91. The second-order valence-corrected chi connectivity index (χ2v) is 8.69. The fourth-order valence-electron chi connectivity index (χ4n) is 3.10. The molecule has 2 aromatic carbocycles. The number of carbonyl (C=O) groups excluding carboxylic acids is 1. The summed E-state index contributed by atoms with van der Waals surface area (Å²) < 4.78 is 32.2. The highest BCUT2D eigenvalue weighted by atomic mass is 32.2. The molecule has 1 heterocycles. The molecule has 0 saturated heterocycles. The number of hydrogen-bond donors (Lipinski definition) is 0. The molecule has 1 aliphatic heterocycles. The van der Waals surface area contributed by atoms with Gasteiger partial charge in [-0.2, -0.15) is 4.31 Å². The van der Waals surface area contributed by atoms with Crippen LogP contribution in [-0.2, 0) is 19.6 Å². The van der Waals surface area contributed by atoms with E-state index in [1.165, 1.54) is 16.4 Å². The number of aliphatic imine (C=N–C) groups is 1. The Bertz CT molecular complexity index is 1130. The number of nitrogens with zero attached hydrogens (tertiary/aromatic N) is 2. The molecule has 0 radical (unpaired) electrons. The fourth-order valence-corrected chi connectivity index (χ4v) is 4.61. The van der Waals surface area contributed by atoms with E-state index in [4.69, 9.17) is 4.74 Å². The van der Waals surface area contributed by atoms with E-state index in [0.717, 1.165) is 11.1 Å². The Hall–Kier alpha value is -3.03. The fraction of sp³-hybridized carbons (Fsp3) is 0.217. The average molecular weight is 425 g/mol. The van der Waals surface area contributed by atoms with Crippen molar-refractivity contribution in [2.75, 3.05) is 13.1 Å². The van der Waals surface area contributed by atoms with Crippen LogP contribution in [0.4, 0.5) is 0 Å². The largest absolute Gasteiger partial charge is 0.402 e. The molecule has 6 nitrogen and oxygen atoms in total. The SMILES string of the molecule is CCN(CC)S(=O)(=O)c1cccc(C2=N/C(=C/C(C)=C/c3ccccc3)C(=O)O2)c1. The van der Waals surface area contributed by atoms with Gasteiger partial charge in [0.1, 0.15) is 0 Å². The number of esters is 1. The van der Waals surface area contributed by atoms with E-state index >= 15 is 0 Å². The monoisotopic (exact) mass is 424 g/mol. The molecule has 0 fully saturated rings. The van der Waals surface area contributed by atoms with Gasteiger partial charge in [0.25, 0.3) is 0 Å². The minimum Gasteiger partial charge on any atom is -0.402 e. The van der Waals surface area contributed by atoms with Gasteiger partial charge in [0, 0.05) is 18.7 Å². The van der Waals surface area contributed by atoms with E-state index in [-0.39, 0.29) is 16.5 Å². The lowest BCUT2D eigenvalue weighted by molar-refractivity contribution is -0.130. The Kier molecular flexibility index (Phi) is 6.64. The minimum absolute atomic E-state index is 0.0929. The van der Waals surface area contributed by atoms with Crippen LogP contribution in [0.25, 0.3) is 6.08 Å². The minimum atomic E-state index is -3.62. The van der Waals surface area contributed by atoms with Crippen LogP contribution in [0.1, 0.15) is 31.9 Å². The number of benzene rings is 2. The highest BCUT2D eigenvalue weighted by molar-refractivity contribution is 7.89. The average Bonchev–Trinajstić information content (AvgIpc) is 3.10. The van der Waals surface area contributed by atoms with Gasteiger partial charge in [-0.25, -0.2) is 18.2 Å². The van der Waals surface area contributed by atoms with Crippen molar-refractivity contribution in [2.45, 2.75) is 25.7 Å². The standard InChI is InChI=1S/C23H24N2O4S/c1-4-25(5-2)30(27,28)20-13-9-12-19(16-20)22-24-21(23(26)29-22)15-17(3)14-18-10-7-6-8-11-18/h6-16H,4-5H2,1-3H3/b17-14+,21-15+. The summed E-state index contributed by atoms with van der Waals surface area (Å²) in [7, 11) is -3.62.